The molecule has 1 aromatic carbocycles. The molecule has 16 heavy (non-hydrogen) atoms. The number of phenolic OH excluding ortho intramolecular Hbond substituents is 1. The highest BCUT2D eigenvalue weighted by Crippen LogP contribution is 2.40. The first-order valence-electron chi connectivity index (χ1n) is 6.28. The van der Waals surface area contributed by atoms with Crippen molar-refractivity contribution in [3.63, 3.8) is 0 Å². The number of hydrogen-bond acceptors (Lipinski definition) is 1. The molecular formula is C15H24O. The molecule has 0 spiro atoms. The molecule has 0 amide bonds. The lowest BCUT2D eigenvalue weighted by Crippen LogP contribution is -2.30. The molecule has 1 aromatic rings. The van der Waals surface area contributed by atoms with Gasteiger partial charge >= 0.3 is 0 Å². The molecule has 90 valence electrons. The van der Waals surface area contributed by atoms with Crippen molar-refractivity contribution in [1.29, 1.82) is 0 Å². The van der Waals surface area contributed by atoms with E-state index in [1.807, 2.05) is 13.0 Å². The van der Waals surface area contributed by atoms with Crippen molar-refractivity contribution in [2.75, 3.05) is 0 Å². The van der Waals surface area contributed by atoms with Gasteiger partial charge in [0.25, 0.3) is 0 Å². The van der Waals surface area contributed by atoms with Crippen molar-refractivity contribution in [2.24, 2.45) is 5.92 Å². The maximum Gasteiger partial charge on any atom is 0.118 e. The Hall–Kier alpha value is -0.980. The predicted octanol–water partition coefficient (Wildman–Crippen LogP) is 4.41. The zero-order valence-corrected chi connectivity index (χ0v) is 11.2. The van der Waals surface area contributed by atoms with Crippen molar-refractivity contribution < 1.29 is 5.11 Å². The third-order valence-corrected chi connectivity index (χ3v) is 4.14. The number of aryl methyl sites for hydroxylation is 1. The predicted molar refractivity (Wildman–Crippen MR) is 69.9 cm³/mol. The number of benzene rings is 1. The Balaban J connectivity index is 3.26. The van der Waals surface area contributed by atoms with E-state index in [1.165, 1.54) is 5.56 Å². The second-order valence-corrected chi connectivity index (χ2v) is 5.02. The summed E-state index contributed by atoms with van der Waals surface area (Å²) in [5.74, 6) is 1.01. The highest BCUT2D eigenvalue weighted by atomic mass is 16.3. The molecule has 0 saturated heterocycles. The van der Waals surface area contributed by atoms with E-state index >= 15 is 0 Å². The molecule has 1 heteroatoms. The van der Waals surface area contributed by atoms with Gasteiger partial charge in [0.2, 0.25) is 0 Å². The Morgan fingerprint density at radius 1 is 1.19 bits per heavy atom. The van der Waals surface area contributed by atoms with Gasteiger partial charge in [-0.15, -0.1) is 0 Å². The van der Waals surface area contributed by atoms with Gasteiger partial charge in [0.15, 0.2) is 0 Å². The van der Waals surface area contributed by atoms with Gasteiger partial charge in [-0.05, 0) is 48.3 Å². The topological polar surface area (TPSA) is 20.2 Å². The van der Waals surface area contributed by atoms with E-state index in [4.69, 9.17) is 0 Å². The Morgan fingerprint density at radius 3 is 2.12 bits per heavy atom. The fourth-order valence-electron chi connectivity index (χ4n) is 2.77. The molecule has 0 atom stereocenters. The highest BCUT2D eigenvalue weighted by Gasteiger charge is 2.32. The molecule has 0 aliphatic carbocycles. The van der Waals surface area contributed by atoms with E-state index in [1.54, 1.807) is 0 Å². The minimum absolute atomic E-state index is 0.248. The highest BCUT2D eigenvalue weighted by molar-refractivity contribution is 5.38. The summed E-state index contributed by atoms with van der Waals surface area (Å²) in [6.07, 6.45) is 2.29. The molecule has 1 nitrogen and oxygen atoms in total. The summed E-state index contributed by atoms with van der Waals surface area (Å²) >= 11 is 0. The van der Waals surface area contributed by atoms with Crippen molar-refractivity contribution in [3.05, 3.63) is 29.3 Å². The molecule has 1 rings (SSSR count). The van der Waals surface area contributed by atoms with Crippen molar-refractivity contribution in [2.45, 2.75) is 52.9 Å². The Kier molecular flexibility index (Phi) is 4.01. The van der Waals surface area contributed by atoms with Gasteiger partial charge < -0.3 is 5.11 Å². The zero-order valence-electron chi connectivity index (χ0n) is 11.2. The van der Waals surface area contributed by atoms with Crippen LogP contribution in [0.1, 0.15) is 51.7 Å². The third kappa shape index (κ3) is 2.09. The Labute approximate surface area is 99.5 Å². The largest absolute Gasteiger partial charge is 0.508 e. The molecule has 0 radical (unpaired) electrons. The van der Waals surface area contributed by atoms with Crippen molar-refractivity contribution in [1.82, 2.24) is 0 Å². The maximum atomic E-state index is 9.59. The number of aromatic hydroxyl groups is 1. The number of hydrogen-bond donors (Lipinski definition) is 1. The lowest BCUT2D eigenvalue weighted by atomic mass is 9.68. The Bertz CT molecular complexity index is 348. The average Bonchev–Trinajstić information content (AvgIpc) is 2.25. The molecule has 0 aliphatic heterocycles. The number of rotatable bonds is 4. The van der Waals surface area contributed by atoms with Crippen LogP contribution in [0, 0.1) is 12.8 Å². The fourth-order valence-corrected chi connectivity index (χ4v) is 2.77. The first kappa shape index (κ1) is 13.1. The molecule has 0 aliphatic rings. The van der Waals surface area contributed by atoms with E-state index in [0.717, 1.165) is 18.4 Å². The number of phenols is 1. The van der Waals surface area contributed by atoms with Crippen LogP contribution in [-0.2, 0) is 5.41 Å². The monoisotopic (exact) mass is 220 g/mol. The maximum absolute atomic E-state index is 9.59. The first-order valence-corrected chi connectivity index (χ1v) is 6.28. The zero-order chi connectivity index (χ0) is 12.3. The normalized spacial score (nSPS) is 12.1. The first-order chi connectivity index (χ1) is 7.47. The van der Waals surface area contributed by atoms with Crippen LogP contribution in [0.3, 0.4) is 0 Å². The Morgan fingerprint density at radius 2 is 1.75 bits per heavy atom. The van der Waals surface area contributed by atoms with E-state index < -0.39 is 0 Å². The van der Waals surface area contributed by atoms with E-state index in [-0.39, 0.29) is 5.41 Å². The average molecular weight is 220 g/mol. The van der Waals surface area contributed by atoms with Crippen LogP contribution in [0.2, 0.25) is 0 Å². The minimum atomic E-state index is 0.248. The van der Waals surface area contributed by atoms with E-state index in [0.29, 0.717) is 11.7 Å². The van der Waals surface area contributed by atoms with Gasteiger partial charge in [-0.2, -0.15) is 0 Å². The summed E-state index contributed by atoms with van der Waals surface area (Å²) < 4.78 is 0. The third-order valence-electron chi connectivity index (χ3n) is 4.14. The summed E-state index contributed by atoms with van der Waals surface area (Å²) in [4.78, 5) is 0. The summed E-state index contributed by atoms with van der Waals surface area (Å²) in [6.45, 7) is 11.1. The molecule has 0 unspecified atom stereocenters. The molecule has 0 fully saturated rings. The van der Waals surface area contributed by atoms with Gasteiger partial charge in [-0.1, -0.05) is 39.8 Å². The smallest absolute Gasteiger partial charge is 0.118 e. The second kappa shape index (κ2) is 4.90. The van der Waals surface area contributed by atoms with Gasteiger partial charge in [-0.25, -0.2) is 0 Å². The summed E-state index contributed by atoms with van der Waals surface area (Å²) in [5, 5.41) is 9.59. The lowest BCUT2D eigenvalue weighted by molar-refractivity contribution is 0.283. The van der Waals surface area contributed by atoms with E-state index in [9.17, 15) is 5.11 Å². The van der Waals surface area contributed by atoms with Gasteiger partial charge in [-0.3, -0.25) is 0 Å². The quantitative estimate of drug-likeness (QED) is 0.796. The van der Waals surface area contributed by atoms with Crippen molar-refractivity contribution in [3.8, 4) is 5.75 Å². The van der Waals surface area contributed by atoms with Crippen LogP contribution in [0.15, 0.2) is 18.2 Å². The second-order valence-electron chi connectivity index (χ2n) is 5.02. The molecule has 0 aromatic heterocycles. The van der Waals surface area contributed by atoms with Crippen LogP contribution in [-0.4, -0.2) is 5.11 Å². The SMILES string of the molecule is CCC(CC)(c1ccc(O)c(C)c1)C(C)C. The summed E-state index contributed by atoms with van der Waals surface area (Å²) in [7, 11) is 0. The summed E-state index contributed by atoms with van der Waals surface area (Å²) in [6, 6.07) is 6.05. The van der Waals surface area contributed by atoms with Crippen LogP contribution < -0.4 is 0 Å². The molecule has 1 N–H and O–H groups in total. The van der Waals surface area contributed by atoms with Gasteiger partial charge in [0.05, 0.1) is 0 Å². The van der Waals surface area contributed by atoms with Crippen LogP contribution in [0.5, 0.6) is 5.75 Å². The van der Waals surface area contributed by atoms with Gasteiger partial charge in [0, 0.05) is 0 Å². The molecular weight excluding hydrogens is 196 g/mol. The molecule has 0 bridgehead atoms. The fraction of sp³-hybridized carbons (Fsp3) is 0.600. The lowest BCUT2D eigenvalue weighted by Gasteiger charge is -2.37. The van der Waals surface area contributed by atoms with E-state index in [2.05, 4.69) is 39.8 Å². The molecule has 0 heterocycles. The van der Waals surface area contributed by atoms with Gasteiger partial charge in [0.1, 0.15) is 5.75 Å². The summed E-state index contributed by atoms with van der Waals surface area (Å²) in [5.41, 5.74) is 2.59. The minimum Gasteiger partial charge on any atom is -0.508 e. The van der Waals surface area contributed by atoms with Crippen LogP contribution in [0.25, 0.3) is 0 Å². The standard InChI is InChI=1S/C15H24O/c1-6-15(7-2,11(3)4)13-8-9-14(16)12(5)10-13/h8-11,16H,6-7H2,1-5H3. The van der Waals surface area contributed by atoms with Crippen molar-refractivity contribution >= 4 is 0 Å². The molecule has 0 saturated carbocycles. The van der Waals surface area contributed by atoms with Crippen LogP contribution in [0.4, 0.5) is 0 Å². The van der Waals surface area contributed by atoms with Crippen LogP contribution >= 0.6 is 0 Å².